The molecule has 0 atom stereocenters. The predicted molar refractivity (Wildman–Crippen MR) is 69.5 cm³/mol. The third kappa shape index (κ3) is 2.53. The predicted octanol–water partition coefficient (Wildman–Crippen LogP) is 3.82. The highest BCUT2D eigenvalue weighted by molar-refractivity contribution is 5.72. The molecule has 1 amide bonds. The van der Waals surface area contributed by atoms with Crippen LogP contribution in [0.2, 0.25) is 0 Å². The fraction of sp³-hybridized carbons (Fsp3) is 0.400. The number of para-hydroxylation sites is 1. The number of alkyl halides is 2. The first-order valence-electron chi connectivity index (χ1n) is 6.59. The van der Waals surface area contributed by atoms with Crippen LogP contribution in [0.5, 0.6) is 5.75 Å². The van der Waals surface area contributed by atoms with Gasteiger partial charge in [-0.2, -0.15) is 0 Å². The van der Waals surface area contributed by atoms with E-state index in [1.165, 1.54) is 4.90 Å². The number of nitrogens with zero attached hydrogens (tertiary/aromatic N) is 1. The molecule has 1 aliphatic heterocycles. The molecule has 5 heteroatoms. The molecular formula is C15H15F2NO2. The second kappa shape index (κ2) is 4.58. The van der Waals surface area contributed by atoms with Crippen LogP contribution in [0.25, 0.3) is 0 Å². The van der Waals surface area contributed by atoms with Gasteiger partial charge >= 0.3 is 6.09 Å². The summed E-state index contributed by atoms with van der Waals surface area (Å²) in [5.74, 6) is -2.07. The summed E-state index contributed by atoms with van der Waals surface area (Å²) in [6.45, 7) is 0.415. The summed E-state index contributed by atoms with van der Waals surface area (Å²) >= 11 is 0. The zero-order chi connectivity index (χ0) is 14.2. The summed E-state index contributed by atoms with van der Waals surface area (Å²) in [4.78, 5) is 13.3. The molecule has 106 valence electrons. The van der Waals surface area contributed by atoms with E-state index in [1.807, 2.05) is 6.07 Å². The molecule has 0 radical (unpaired) electrons. The van der Waals surface area contributed by atoms with Crippen LogP contribution < -0.4 is 4.74 Å². The molecule has 0 saturated heterocycles. The Hall–Kier alpha value is -1.91. The lowest BCUT2D eigenvalue weighted by Gasteiger charge is -2.48. The van der Waals surface area contributed by atoms with Crippen LogP contribution in [-0.2, 0) is 0 Å². The zero-order valence-electron chi connectivity index (χ0n) is 10.9. The van der Waals surface area contributed by atoms with Crippen molar-refractivity contribution in [3.8, 4) is 5.75 Å². The molecule has 1 aliphatic carbocycles. The largest absolute Gasteiger partial charge is 0.419 e. The van der Waals surface area contributed by atoms with Gasteiger partial charge in [0.25, 0.3) is 0 Å². The van der Waals surface area contributed by atoms with E-state index in [2.05, 4.69) is 0 Å². The van der Waals surface area contributed by atoms with Crippen LogP contribution in [0.15, 0.2) is 42.6 Å². The maximum absolute atomic E-state index is 13.0. The van der Waals surface area contributed by atoms with Gasteiger partial charge in [0.05, 0.1) is 0 Å². The minimum atomic E-state index is -2.54. The van der Waals surface area contributed by atoms with Crippen molar-refractivity contribution in [2.24, 2.45) is 5.41 Å². The summed E-state index contributed by atoms with van der Waals surface area (Å²) in [6.07, 6.45) is 3.15. The van der Waals surface area contributed by atoms with E-state index < -0.39 is 17.4 Å². The van der Waals surface area contributed by atoms with Crippen LogP contribution >= 0.6 is 0 Å². The van der Waals surface area contributed by atoms with E-state index in [9.17, 15) is 13.6 Å². The molecule has 1 saturated carbocycles. The lowest BCUT2D eigenvalue weighted by atomic mass is 9.63. The molecule has 1 aromatic rings. The molecule has 20 heavy (non-hydrogen) atoms. The van der Waals surface area contributed by atoms with Gasteiger partial charge in [-0.3, -0.25) is 4.90 Å². The molecule has 1 heterocycles. The molecule has 1 fully saturated rings. The van der Waals surface area contributed by atoms with Crippen LogP contribution in [0.3, 0.4) is 0 Å². The van der Waals surface area contributed by atoms with Gasteiger partial charge in [0.1, 0.15) is 5.75 Å². The fourth-order valence-electron chi connectivity index (χ4n) is 2.82. The number of halogens is 2. The average Bonchev–Trinajstić information content (AvgIpc) is 2.38. The minimum absolute atomic E-state index is 0.113. The van der Waals surface area contributed by atoms with Crippen molar-refractivity contribution < 1.29 is 18.3 Å². The molecule has 1 spiro atoms. The van der Waals surface area contributed by atoms with Crippen molar-refractivity contribution in [2.75, 3.05) is 6.54 Å². The van der Waals surface area contributed by atoms with Gasteiger partial charge in [-0.1, -0.05) is 24.3 Å². The van der Waals surface area contributed by atoms with Gasteiger partial charge in [0, 0.05) is 31.0 Å². The Morgan fingerprint density at radius 1 is 1.20 bits per heavy atom. The van der Waals surface area contributed by atoms with Gasteiger partial charge in [0.2, 0.25) is 5.92 Å². The second-order valence-corrected chi connectivity index (χ2v) is 5.51. The quantitative estimate of drug-likeness (QED) is 0.782. The van der Waals surface area contributed by atoms with Gasteiger partial charge in [-0.05, 0) is 18.6 Å². The van der Waals surface area contributed by atoms with E-state index in [1.54, 1.807) is 36.5 Å². The number of carbonyl (C=O) groups is 1. The van der Waals surface area contributed by atoms with Gasteiger partial charge in [-0.25, -0.2) is 13.6 Å². The third-order valence-electron chi connectivity index (χ3n) is 3.86. The highest BCUT2D eigenvalue weighted by Crippen LogP contribution is 2.55. The van der Waals surface area contributed by atoms with Gasteiger partial charge in [0.15, 0.2) is 0 Å². The van der Waals surface area contributed by atoms with E-state index in [4.69, 9.17) is 4.74 Å². The normalized spacial score (nSPS) is 22.4. The number of allylic oxidation sites excluding steroid dienone is 1. The Morgan fingerprint density at radius 3 is 2.45 bits per heavy atom. The Morgan fingerprint density at radius 2 is 1.90 bits per heavy atom. The van der Waals surface area contributed by atoms with Crippen LogP contribution in [0, 0.1) is 5.41 Å². The fourth-order valence-corrected chi connectivity index (χ4v) is 2.82. The average molecular weight is 279 g/mol. The summed E-state index contributed by atoms with van der Waals surface area (Å²) in [5, 5.41) is 0. The van der Waals surface area contributed by atoms with Crippen molar-refractivity contribution in [1.29, 1.82) is 0 Å². The molecule has 2 aliphatic rings. The lowest BCUT2D eigenvalue weighted by molar-refractivity contribution is -0.146. The minimum Gasteiger partial charge on any atom is -0.410 e. The molecule has 3 nitrogen and oxygen atoms in total. The maximum Gasteiger partial charge on any atom is 0.419 e. The van der Waals surface area contributed by atoms with Crippen molar-refractivity contribution in [3.63, 3.8) is 0 Å². The van der Waals surface area contributed by atoms with Gasteiger partial charge < -0.3 is 4.74 Å². The molecular weight excluding hydrogens is 264 g/mol. The number of hydrogen-bond acceptors (Lipinski definition) is 2. The highest BCUT2D eigenvalue weighted by atomic mass is 19.3. The van der Waals surface area contributed by atoms with Crippen molar-refractivity contribution in [2.45, 2.75) is 25.2 Å². The van der Waals surface area contributed by atoms with Crippen LogP contribution in [-0.4, -0.2) is 23.5 Å². The van der Waals surface area contributed by atoms with E-state index >= 15 is 0 Å². The maximum atomic E-state index is 13.0. The number of hydrogen-bond donors (Lipinski definition) is 0. The molecule has 1 aromatic carbocycles. The van der Waals surface area contributed by atoms with Crippen molar-refractivity contribution in [1.82, 2.24) is 4.90 Å². The number of carbonyl (C=O) groups excluding carboxylic acids is 1. The zero-order valence-corrected chi connectivity index (χ0v) is 10.9. The molecule has 0 unspecified atom stereocenters. The second-order valence-electron chi connectivity index (χ2n) is 5.51. The summed E-state index contributed by atoms with van der Waals surface area (Å²) in [5.41, 5.74) is -0.424. The highest BCUT2D eigenvalue weighted by Gasteiger charge is 2.55. The Labute approximate surface area is 115 Å². The van der Waals surface area contributed by atoms with Crippen molar-refractivity contribution >= 4 is 6.09 Å². The van der Waals surface area contributed by atoms with Gasteiger partial charge in [-0.15, -0.1) is 0 Å². The molecule has 3 rings (SSSR count). The van der Waals surface area contributed by atoms with Crippen molar-refractivity contribution in [3.05, 3.63) is 42.6 Å². The number of benzene rings is 1. The van der Waals surface area contributed by atoms with E-state index in [0.717, 1.165) is 0 Å². The van der Waals surface area contributed by atoms with E-state index in [-0.39, 0.29) is 12.8 Å². The smallest absolute Gasteiger partial charge is 0.410 e. The summed E-state index contributed by atoms with van der Waals surface area (Å²) < 4.78 is 31.1. The standard InChI is InChI=1S/C15H15F2NO2/c16-15(17)10-14(11-15)6-8-18(9-7-14)13(19)20-12-4-2-1-3-5-12/h1-6,8H,7,9-11H2. The number of amides is 1. The first-order valence-corrected chi connectivity index (χ1v) is 6.59. The van der Waals surface area contributed by atoms with Crippen LogP contribution in [0.4, 0.5) is 13.6 Å². The number of rotatable bonds is 1. The Balaban J connectivity index is 1.60. The summed E-state index contributed by atoms with van der Waals surface area (Å²) in [7, 11) is 0. The molecule has 0 aromatic heterocycles. The number of ether oxygens (including phenoxy) is 1. The van der Waals surface area contributed by atoms with Crippen LogP contribution in [0.1, 0.15) is 19.3 Å². The molecule has 0 N–H and O–H groups in total. The SMILES string of the molecule is O=C(Oc1ccccc1)N1C=CC2(CC1)CC(F)(F)C2. The van der Waals surface area contributed by atoms with E-state index in [0.29, 0.717) is 18.7 Å². The first-order chi connectivity index (χ1) is 9.48. The Kier molecular flexibility index (Phi) is 3.00. The lowest BCUT2D eigenvalue weighted by Crippen LogP contribution is -2.49. The monoisotopic (exact) mass is 279 g/mol. The first kappa shape index (κ1) is 13.1. The topological polar surface area (TPSA) is 29.5 Å². The third-order valence-corrected chi connectivity index (χ3v) is 3.86. The molecule has 0 bridgehead atoms. The summed E-state index contributed by atoms with van der Waals surface area (Å²) in [6, 6.07) is 8.78. The Bertz CT molecular complexity index is 534.